The van der Waals surface area contributed by atoms with Crippen molar-refractivity contribution < 1.29 is 18.3 Å². The van der Waals surface area contributed by atoms with Crippen molar-refractivity contribution in [3.05, 3.63) is 94.9 Å². The number of aryl methyl sites for hydroxylation is 1. The van der Waals surface area contributed by atoms with Gasteiger partial charge in [0.25, 0.3) is 5.96 Å². The molecule has 0 amide bonds. The molecule has 9 nitrogen and oxygen atoms in total. The summed E-state index contributed by atoms with van der Waals surface area (Å²) >= 11 is 0. The minimum absolute atomic E-state index is 0.142. The summed E-state index contributed by atoms with van der Waals surface area (Å²) in [6.07, 6.45) is 0.220. The minimum atomic E-state index is -3.85. The Morgan fingerprint density at radius 2 is 1.83 bits per heavy atom. The van der Waals surface area contributed by atoms with Crippen molar-refractivity contribution in [2.45, 2.75) is 36.8 Å². The van der Waals surface area contributed by atoms with E-state index < -0.39 is 22.2 Å². The monoisotopic (exact) mass is 505 g/mol. The van der Waals surface area contributed by atoms with Crippen molar-refractivity contribution in [2.75, 3.05) is 17.7 Å². The van der Waals surface area contributed by atoms with Gasteiger partial charge in [-0.1, -0.05) is 31.2 Å². The maximum atomic E-state index is 13.0. The molecule has 3 aromatic carbocycles. The second-order valence-corrected chi connectivity index (χ2v) is 10.0. The fraction of sp³-hybridized carbons (Fsp3) is 0.231. The van der Waals surface area contributed by atoms with Gasteiger partial charge in [0.2, 0.25) is 10.0 Å². The molecule has 0 fully saturated rings. The van der Waals surface area contributed by atoms with Gasteiger partial charge in [-0.3, -0.25) is 0 Å². The first-order valence-electron chi connectivity index (χ1n) is 11.4. The van der Waals surface area contributed by atoms with E-state index in [1.165, 1.54) is 0 Å². The van der Waals surface area contributed by atoms with Crippen LogP contribution in [-0.4, -0.2) is 32.7 Å². The van der Waals surface area contributed by atoms with E-state index in [9.17, 15) is 13.5 Å². The van der Waals surface area contributed by atoms with Crippen LogP contribution in [0, 0.1) is 6.57 Å². The maximum absolute atomic E-state index is 13.0. The first-order valence-corrected chi connectivity index (χ1v) is 12.9. The molecule has 0 saturated heterocycles. The number of rotatable bonds is 7. The topological polar surface area (TPSA) is 116 Å². The summed E-state index contributed by atoms with van der Waals surface area (Å²) in [5, 5.41) is 20.6. The van der Waals surface area contributed by atoms with Gasteiger partial charge in [0.05, 0.1) is 24.2 Å². The smallest absolute Gasteiger partial charge is 0.286 e. The number of nitrogens with zero attached hydrogens (tertiary/aromatic N) is 2. The molecule has 4 N–H and O–H groups in total. The number of ether oxygens (including phenoxy) is 1. The lowest BCUT2D eigenvalue weighted by Gasteiger charge is -2.19. The van der Waals surface area contributed by atoms with Crippen LogP contribution in [0.2, 0.25) is 0 Å². The predicted octanol–water partition coefficient (Wildman–Crippen LogP) is 3.91. The van der Waals surface area contributed by atoms with Gasteiger partial charge >= 0.3 is 0 Å². The van der Waals surface area contributed by atoms with E-state index in [1.54, 1.807) is 67.8 Å². The molecule has 0 spiro atoms. The van der Waals surface area contributed by atoms with E-state index in [-0.39, 0.29) is 10.9 Å². The lowest BCUT2D eigenvalue weighted by Crippen LogP contribution is -2.34. The average Bonchev–Trinajstić information content (AvgIpc) is 3.18. The van der Waals surface area contributed by atoms with Crippen LogP contribution in [0.3, 0.4) is 0 Å². The summed E-state index contributed by atoms with van der Waals surface area (Å²) in [5.74, 6) is 0.832. The van der Waals surface area contributed by atoms with Crippen molar-refractivity contribution in [3.63, 3.8) is 0 Å². The molecule has 0 heterocycles. The van der Waals surface area contributed by atoms with Gasteiger partial charge in [-0.2, -0.15) is 6.57 Å². The quantitative estimate of drug-likeness (QED) is 0.167. The number of fused-ring (bicyclic) bond motifs is 1. The summed E-state index contributed by atoms with van der Waals surface area (Å²) in [6.45, 7) is 9.15. The minimum Gasteiger partial charge on any atom is -0.497 e. The van der Waals surface area contributed by atoms with Crippen LogP contribution in [0.4, 0.5) is 11.4 Å². The molecule has 36 heavy (non-hydrogen) atoms. The Labute approximate surface area is 210 Å². The number of benzene rings is 3. The molecule has 0 aliphatic heterocycles. The number of sulfonamides is 1. The number of hydrogen-bond acceptors (Lipinski definition) is 5. The van der Waals surface area contributed by atoms with Crippen LogP contribution in [0.1, 0.15) is 29.7 Å². The van der Waals surface area contributed by atoms with Gasteiger partial charge in [-0.15, -0.1) is 4.95 Å². The van der Waals surface area contributed by atoms with Gasteiger partial charge < -0.3 is 20.5 Å². The Morgan fingerprint density at radius 3 is 2.50 bits per heavy atom. The highest BCUT2D eigenvalue weighted by Crippen LogP contribution is 2.35. The van der Waals surface area contributed by atoms with Crippen molar-refractivity contribution in [1.82, 2.24) is 4.72 Å². The van der Waals surface area contributed by atoms with Gasteiger partial charge in [-0.05, 0) is 59.5 Å². The number of hydrogen-bond donors (Lipinski definition) is 4. The molecule has 186 valence electrons. The van der Waals surface area contributed by atoms with Crippen LogP contribution in [0.15, 0.2) is 76.7 Å². The number of anilines is 2. The molecule has 0 bridgehead atoms. The molecule has 1 aliphatic rings. The van der Waals surface area contributed by atoms with Gasteiger partial charge in [0, 0.05) is 23.9 Å². The summed E-state index contributed by atoms with van der Waals surface area (Å²) in [5.41, 5.74) is 3.78. The molecule has 0 aromatic heterocycles. The third-order valence-corrected chi connectivity index (χ3v) is 7.42. The largest absolute Gasteiger partial charge is 0.497 e. The molecule has 3 aromatic rings. The van der Waals surface area contributed by atoms with E-state index >= 15 is 0 Å². The van der Waals surface area contributed by atoms with Crippen LogP contribution in [-0.2, 0) is 22.9 Å². The highest BCUT2D eigenvalue weighted by atomic mass is 32.2. The van der Waals surface area contributed by atoms with Gasteiger partial charge in [0.1, 0.15) is 10.9 Å². The Balaban J connectivity index is 1.56. The average molecular weight is 506 g/mol. The molecule has 0 saturated carbocycles. The van der Waals surface area contributed by atoms with Gasteiger partial charge in [-0.25, -0.2) is 13.1 Å². The number of guanidine groups is 1. The third kappa shape index (κ3) is 5.66. The van der Waals surface area contributed by atoms with Crippen LogP contribution >= 0.6 is 0 Å². The van der Waals surface area contributed by atoms with Crippen molar-refractivity contribution in [1.29, 1.82) is 0 Å². The SMILES string of the molecule is [C-]#[N+]/N=C(\Nc1cccc(OC)c1)Nc1ccc2c(c1)[C@@H](NS(=O)(=O)c1ccc(CC)cc1)[C@H](O)C2. The van der Waals surface area contributed by atoms with E-state index in [0.29, 0.717) is 29.1 Å². The molecule has 0 radical (unpaired) electrons. The normalized spacial score (nSPS) is 17.2. The third-order valence-electron chi connectivity index (χ3n) is 5.96. The van der Waals surface area contributed by atoms with Crippen LogP contribution < -0.4 is 20.1 Å². The Morgan fingerprint density at radius 1 is 1.11 bits per heavy atom. The molecular formula is C26H27N5O4S. The molecule has 4 rings (SSSR count). The molecule has 1 aliphatic carbocycles. The number of methoxy groups -OCH3 is 1. The Kier molecular flexibility index (Phi) is 7.55. The van der Waals surface area contributed by atoms with Crippen molar-refractivity contribution in [2.24, 2.45) is 5.10 Å². The standard InChI is InChI=1S/C26H27N5O4S/c1-4-17-8-12-22(13-9-17)36(33,34)31-25-23-16-20(11-10-18(23)14-24(25)32)29-26(30-27-2)28-19-6-5-7-21(15-19)35-3/h5-13,15-16,24-25,31-32H,4,14H2,1,3H3,(H2,28,29,30)/t24-,25-/m1/s1. The second kappa shape index (κ2) is 10.8. The Hall–Kier alpha value is -3.91. The van der Waals surface area contributed by atoms with Crippen LogP contribution in [0.25, 0.3) is 4.95 Å². The second-order valence-electron chi connectivity index (χ2n) is 8.31. The maximum Gasteiger partial charge on any atom is 0.286 e. The van der Waals surface area contributed by atoms with Crippen molar-refractivity contribution >= 4 is 27.4 Å². The lowest BCUT2D eigenvalue weighted by atomic mass is 10.1. The molecule has 0 unspecified atom stereocenters. The van der Waals surface area contributed by atoms with Gasteiger partial charge in [0.15, 0.2) is 0 Å². The predicted molar refractivity (Wildman–Crippen MR) is 139 cm³/mol. The fourth-order valence-corrected chi connectivity index (χ4v) is 5.33. The lowest BCUT2D eigenvalue weighted by molar-refractivity contribution is 0.151. The first-order chi connectivity index (χ1) is 17.3. The van der Waals surface area contributed by atoms with E-state index in [2.05, 4.69) is 25.4 Å². The van der Waals surface area contributed by atoms with E-state index in [1.807, 2.05) is 13.0 Å². The zero-order valence-corrected chi connectivity index (χ0v) is 20.7. The van der Waals surface area contributed by atoms with E-state index in [0.717, 1.165) is 17.5 Å². The summed E-state index contributed by atoms with van der Waals surface area (Å²) in [7, 11) is -2.29. The van der Waals surface area contributed by atoms with Crippen LogP contribution in [0.5, 0.6) is 5.75 Å². The zero-order valence-electron chi connectivity index (χ0n) is 19.9. The summed E-state index contributed by atoms with van der Waals surface area (Å²) in [6, 6.07) is 18.4. The van der Waals surface area contributed by atoms with Crippen molar-refractivity contribution in [3.8, 4) is 5.75 Å². The number of aliphatic hydroxyl groups is 1. The first kappa shape index (κ1) is 25.2. The summed E-state index contributed by atoms with van der Waals surface area (Å²) in [4.78, 5) is 3.26. The molecular weight excluding hydrogens is 478 g/mol. The highest BCUT2D eigenvalue weighted by Gasteiger charge is 2.35. The highest BCUT2D eigenvalue weighted by molar-refractivity contribution is 7.89. The zero-order chi connectivity index (χ0) is 25.7. The fourth-order valence-electron chi connectivity index (χ4n) is 4.09. The van der Waals surface area contributed by atoms with E-state index in [4.69, 9.17) is 11.3 Å². The molecule has 2 atom stereocenters. The number of aliphatic hydroxyl groups excluding tert-OH is 1. The summed E-state index contributed by atoms with van der Waals surface area (Å²) < 4.78 is 34.0. The number of nitrogens with one attached hydrogen (secondary N) is 3. The molecule has 10 heteroatoms. The Bertz CT molecular complexity index is 1410.